The predicted molar refractivity (Wildman–Crippen MR) is 146 cm³/mol. The van der Waals surface area contributed by atoms with Crippen LogP contribution in [0.25, 0.3) is 22.0 Å². The largest absolute Gasteiger partial charge is 0.497 e. The third-order valence-electron chi connectivity index (χ3n) is 6.31. The van der Waals surface area contributed by atoms with Gasteiger partial charge in [-0.2, -0.15) is 5.10 Å². The van der Waals surface area contributed by atoms with Crippen LogP contribution in [0.15, 0.2) is 72.9 Å². The summed E-state index contributed by atoms with van der Waals surface area (Å²) in [7, 11) is 7.71. The molecule has 188 valence electrons. The lowest BCUT2D eigenvalue weighted by molar-refractivity contribution is 0.261. The normalized spacial score (nSPS) is 12.2. The average molecular weight is 486 g/mol. The molecule has 0 saturated carbocycles. The lowest BCUT2D eigenvalue weighted by Gasteiger charge is -2.18. The number of rotatable bonds is 11. The number of methoxy groups -OCH3 is 1. The van der Waals surface area contributed by atoms with Gasteiger partial charge in [0.15, 0.2) is 0 Å². The summed E-state index contributed by atoms with van der Waals surface area (Å²) in [4.78, 5) is 2.10. The highest BCUT2D eigenvalue weighted by molar-refractivity contribution is 6.00. The molecule has 0 bridgehead atoms. The van der Waals surface area contributed by atoms with Crippen LogP contribution in [0.3, 0.4) is 0 Å². The van der Waals surface area contributed by atoms with Crippen molar-refractivity contribution >= 4 is 22.0 Å². The van der Waals surface area contributed by atoms with E-state index < -0.39 is 0 Å². The maximum Gasteiger partial charge on any atom is 0.119 e. The van der Waals surface area contributed by atoms with E-state index in [0.29, 0.717) is 13.0 Å². The number of fused-ring (bicyclic) bond motifs is 1. The van der Waals surface area contributed by atoms with Crippen molar-refractivity contribution in [3.63, 3.8) is 0 Å². The van der Waals surface area contributed by atoms with Crippen LogP contribution < -0.4 is 9.47 Å². The number of aliphatic hydroxyl groups is 1. The lowest BCUT2D eigenvalue weighted by Crippen LogP contribution is -2.19. The molecule has 0 saturated heterocycles. The van der Waals surface area contributed by atoms with Crippen molar-refractivity contribution in [1.29, 1.82) is 0 Å². The van der Waals surface area contributed by atoms with Gasteiger partial charge in [0.1, 0.15) is 18.1 Å². The Kier molecular flexibility index (Phi) is 8.41. The Morgan fingerprint density at radius 2 is 1.56 bits per heavy atom. The van der Waals surface area contributed by atoms with Gasteiger partial charge in [-0.05, 0) is 85.1 Å². The fraction of sp³-hybridized carbons (Fsp3) is 0.300. The molecule has 0 aliphatic carbocycles. The molecule has 0 unspecified atom stereocenters. The molecule has 0 amide bonds. The van der Waals surface area contributed by atoms with E-state index in [2.05, 4.69) is 52.5 Å². The zero-order valence-corrected chi connectivity index (χ0v) is 21.6. The smallest absolute Gasteiger partial charge is 0.119 e. The van der Waals surface area contributed by atoms with Gasteiger partial charge in [-0.1, -0.05) is 36.4 Å². The number of aryl methyl sites for hydroxylation is 1. The van der Waals surface area contributed by atoms with E-state index in [1.54, 1.807) is 7.11 Å². The number of allylic oxidation sites excluding steroid dienone is 1. The van der Waals surface area contributed by atoms with E-state index in [4.69, 9.17) is 9.47 Å². The van der Waals surface area contributed by atoms with Crippen molar-refractivity contribution in [2.24, 2.45) is 7.05 Å². The second kappa shape index (κ2) is 11.9. The quantitative estimate of drug-likeness (QED) is 0.294. The van der Waals surface area contributed by atoms with Crippen molar-refractivity contribution in [1.82, 2.24) is 14.7 Å². The first-order valence-electron chi connectivity index (χ1n) is 12.3. The maximum absolute atomic E-state index is 9.72. The Morgan fingerprint density at radius 1 is 0.917 bits per heavy atom. The van der Waals surface area contributed by atoms with Crippen molar-refractivity contribution in [3.05, 3.63) is 89.6 Å². The maximum atomic E-state index is 9.72. The van der Waals surface area contributed by atoms with Crippen molar-refractivity contribution in [2.75, 3.05) is 41.0 Å². The van der Waals surface area contributed by atoms with Gasteiger partial charge in [-0.25, -0.2) is 0 Å². The molecule has 0 aliphatic rings. The number of hydrogen-bond donors (Lipinski definition) is 1. The van der Waals surface area contributed by atoms with Crippen LogP contribution in [0.5, 0.6) is 11.5 Å². The van der Waals surface area contributed by atoms with Crippen LogP contribution in [0.2, 0.25) is 0 Å². The molecule has 6 heteroatoms. The topological polar surface area (TPSA) is 59.8 Å². The van der Waals surface area contributed by atoms with Crippen LogP contribution in [-0.4, -0.2) is 60.8 Å². The molecule has 1 N–H and O–H groups in total. The molecule has 0 spiro atoms. The summed E-state index contributed by atoms with van der Waals surface area (Å²) in [5, 5.41) is 15.2. The van der Waals surface area contributed by atoms with Gasteiger partial charge in [-0.15, -0.1) is 0 Å². The molecule has 0 aliphatic heterocycles. The van der Waals surface area contributed by atoms with Crippen molar-refractivity contribution < 1.29 is 14.6 Å². The molecular formula is C30H35N3O3. The molecule has 0 atom stereocenters. The summed E-state index contributed by atoms with van der Waals surface area (Å²) in [6, 6.07) is 22.9. The van der Waals surface area contributed by atoms with E-state index in [-0.39, 0.29) is 6.61 Å². The van der Waals surface area contributed by atoms with Crippen molar-refractivity contribution in [3.8, 4) is 11.5 Å². The standard InChI is InChI=1S/C30H35N3O3/c1-32(2)17-19-36-27-15-11-23(12-16-27)30(22-9-13-26(35-4)14-10-22)28(6-5-18-34)24-7-8-25-21-31-33(3)29(25)20-24/h7-16,20-21,34H,5-6,17-19H2,1-4H3/b30-28-. The second-order valence-corrected chi connectivity index (χ2v) is 9.13. The van der Waals surface area contributed by atoms with Crippen LogP contribution in [0.1, 0.15) is 29.5 Å². The zero-order chi connectivity index (χ0) is 25.5. The number of hydrogen-bond acceptors (Lipinski definition) is 5. The number of nitrogens with zero attached hydrogens (tertiary/aromatic N) is 3. The Bertz CT molecular complexity index is 1310. The lowest BCUT2D eigenvalue weighted by atomic mass is 9.87. The average Bonchev–Trinajstić information content (AvgIpc) is 3.27. The molecule has 4 rings (SSSR count). The molecule has 0 fully saturated rings. The molecule has 36 heavy (non-hydrogen) atoms. The van der Waals surface area contributed by atoms with Crippen LogP contribution >= 0.6 is 0 Å². The van der Waals surface area contributed by atoms with Crippen LogP contribution in [-0.2, 0) is 7.05 Å². The first kappa shape index (κ1) is 25.5. The fourth-order valence-corrected chi connectivity index (χ4v) is 4.34. The van der Waals surface area contributed by atoms with Crippen LogP contribution in [0, 0.1) is 0 Å². The summed E-state index contributed by atoms with van der Waals surface area (Å²) in [5.74, 6) is 1.67. The minimum absolute atomic E-state index is 0.131. The van der Waals surface area contributed by atoms with Gasteiger partial charge >= 0.3 is 0 Å². The Balaban J connectivity index is 1.84. The molecular weight excluding hydrogens is 450 g/mol. The Morgan fingerprint density at radius 3 is 2.17 bits per heavy atom. The van der Waals surface area contributed by atoms with E-state index in [0.717, 1.165) is 57.6 Å². The minimum atomic E-state index is 0.131. The molecule has 1 aromatic heterocycles. The Labute approximate surface area is 213 Å². The summed E-state index contributed by atoms with van der Waals surface area (Å²) < 4.78 is 13.2. The van der Waals surface area contributed by atoms with E-state index in [9.17, 15) is 5.11 Å². The Hall–Kier alpha value is -3.61. The van der Waals surface area contributed by atoms with Gasteiger partial charge in [0.2, 0.25) is 0 Å². The predicted octanol–water partition coefficient (Wildman–Crippen LogP) is 5.25. The van der Waals surface area contributed by atoms with Gasteiger partial charge < -0.3 is 19.5 Å². The number of aliphatic hydroxyl groups excluding tert-OH is 1. The van der Waals surface area contributed by atoms with Gasteiger partial charge in [-0.3, -0.25) is 4.68 Å². The highest BCUT2D eigenvalue weighted by atomic mass is 16.5. The third-order valence-corrected chi connectivity index (χ3v) is 6.31. The fourth-order valence-electron chi connectivity index (χ4n) is 4.34. The SMILES string of the molecule is COc1ccc(/C(=C(\CCCO)c2ccc3cnn(C)c3c2)c2ccc(OCCN(C)C)cc2)cc1. The number of likely N-dealkylation sites (N-methyl/N-ethyl adjacent to an activating group) is 1. The van der Waals surface area contributed by atoms with E-state index in [1.807, 2.05) is 56.3 Å². The highest BCUT2D eigenvalue weighted by Crippen LogP contribution is 2.37. The molecule has 4 aromatic rings. The summed E-state index contributed by atoms with van der Waals surface area (Å²) in [6.07, 6.45) is 3.29. The number of ether oxygens (including phenoxy) is 2. The zero-order valence-electron chi connectivity index (χ0n) is 21.6. The molecule has 0 radical (unpaired) electrons. The molecule has 6 nitrogen and oxygen atoms in total. The van der Waals surface area contributed by atoms with Crippen molar-refractivity contribution in [2.45, 2.75) is 12.8 Å². The second-order valence-electron chi connectivity index (χ2n) is 9.13. The van der Waals surface area contributed by atoms with Crippen LogP contribution in [0.4, 0.5) is 0 Å². The van der Waals surface area contributed by atoms with Gasteiger partial charge in [0.05, 0.1) is 18.8 Å². The minimum Gasteiger partial charge on any atom is -0.497 e. The third kappa shape index (κ3) is 5.96. The number of benzene rings is 3. The summed E-state index contributed by atoms with van der Waals surface area (Å²) >= 11 is 0. The summed E-state index contributed by atoms with van der Waals surface area (Å²) in [5.41, 5.74) is 6.70. The molecule has 3 aromatic carbocycles. The molecule has 1 heterocycles. The summed E-state index contributed by atoms with van der Waals surface area (Å²) in [6.45, 7) is 1.63. The highest BCUT2D eigenvalue weighted by Gasteiger charge is 2.16. The van der Waals surface area contributed by atoms with Gasteiger partial charge in [0.25, 0.3) is 0 Å². The first-order chi connectivity index (χ1) is 17.5. The number of aromatic nitrogens is 2. The monoisotopic (exact) mass is 485 g/mol. The first-order valence-corrected chi connectivity index (χ1v) is 12.3. The van der Waals surface area contributed by atoms with E-state index in [1.165, 1.54) is 5.57 Å². The van der Waals surface area contributed by atoms with E-state index >= 15 is 0 Å². The van der Waals surface area contributed by atoms with Gasteiger partial charge in [0, 0.05) is 25.6 Å².